The van der Waals surface area contributed by atoms with Gasteiger partial charge in [-0.15, -0.1) is 0 Å². The van der Waals surface area contributed by atoms with Crippen LogP contribution in [0.1, 0.15) is 29.1 Å². The van der Waals surface area contributed by atoms with Gasteiger partial charge in [-0.05, 0) is 57.4 Å². The summed E-state index contributed by atoms with van der Waals surface area (Å²) in [7, 11) is 0. The van der Waals surface area contributed by atoms with Crippen molar-refractivity contribution < 1.29 is 9.36 Å². The predicted molar refractivity (Wildman–Crippen MR) is 129 cm³/mol. The van der Waals surface area contributed by atoms with E-state index in [1.165, 1.54) is 0 Å². The Labute approximate surface area is 211 Å². The lowest BCUT2D eigenvalue weighted by Gasteiger charge is -2.42. The summed E-state index contributed by atoms with van der Waals surface area (Å²) in [6.45, 7) is 0. The zero-order valence-electron chi connectivity index (χ0n) is 16.5. The van der Waals surface area contributed by atoms with Crippen LogP contribution in [0.2, 0.25) is 0 Å². The monoisotopic (exact) mass is 613 g/mol. The number of aromatic nitrogens is 1. The first-order chi connectivity index (χ1) is 15.4. The van der Waals surface area contributed by atoms with E-state index < -0.39 is 23.4 Å². The van der Waals surface area contributed by atoms with Gasteiger partial charge in [0.15, 0.2) is 17.8 Å². The Morgan fingerprint density at radius 3 is 1.94 bits per heavy atom. The SMILES string of the molecule is N#CC1(C#N)C(c2ccc(Br)cc2)NC(=O)C([n+]2cccc(Br)c2)C1c1ccc(Br)cc1. The molecule has 1 aromatic heterocycles. The van der Waals surface area contributed by atoms with Crippen LogP contribution in [-0.4, -0.2) is 5.91 Å². The second kappa shape index (κ2) is 9.15. The summed E-state index contributed by atoms with van der Waals surface area (Å²) in [5.74, 6) is -0.970. The molecule has 4 rings (SSSR count). The molecule has 1 aliphatic rings. The van der Waals surface area contributed by atoms with Crippen molar-refractivity contribution in [1.82, 2.24) is 5.32 Å². The van der Waals surface area contributed by atoms with E-state index in [0.29, 0.717) is 5.56 Å². The van der Waals surface area contributed by atoms with Gasteiger partial charge in [-0.25, -0.2) is 0 Å². The van der Waals surface area contributed by atoms with Gasteiger partial charge in [-0.2, -0.15) is 15.1 Å². The van der Waals surface area contributed by atoms with E-state index in [1.807, 2.05) is 60.7 Å². The summed E-state index contributed by atoms with van der Waals surface area (Å²) in [6.07, 6.45) is 3.57. The third kappa shape index (κ3) is 3.99. The predicted octanol–water partition coefficient (Wildman–Crippen LogP) is 5.49. The molecule has 1 fully saturated rings. The number of hydrogen-bond donors (Lipinski definition) is 1. The van der Waals surface area contributed by atoms with Crippen LogP contribution in [0, 0.1) is 28.1 Å². The molecule has 3 aromatic rings. The molecular weight excluding hydrogens is 600 g/mol. The lowest BCUT2D eigenvalue weighted by Crippen LogP contribution is -2.61. The fourth-order valence-corrected chi connectivity index (χ4v) is 5.19. The number of amides is 1. The van der Waals surface area contributed by atoms with E-state index in [1.54, 1.807) is 17.0 Å². The van der Waals surface area contributed by atoms with Gasteiger partial charge >= 0.3 is 0 Å². The highest BCUT2D eigenvalue weighted by atomic mass is 79.9. The van der Waals surface area contributed by atoms with E-state index >= 15 is 0 Å². The molecule has 2 aromatic carbocycles. The molecule has 1 amide bonds. The molecule has 0 bridgehead atoms. The second-order valence-electron chi connectivity index (χ2n) is 7.53. The van der Waals surface area contributed by atoms with Gasteiger partial charge in [0.1, 0.15) is 0 Å². The molecule has 5 nitrogen and oxygen atoms in total. The first-order valence-electron chi connectivity index (χ1n) is 9.70. The van der Waals surface area contributed by atoms with Gasteiger partial charge in [-0.1, -0.05) is 56.1 Å². The number of nitrogens with one attached hydrogen (secondary N) is 1. The van der Waals surface area contributed by atoms with Crippen LogP contribution in [0.5, 0.6) is 0 Å². The Bertz CT molecular complexity index is 1230. The number of piperidine rings is 1. The minimum Gasteiger partial charge on any atom is -0.341 e. The van der Waals surface area contributed by atoms with Crippen molar-refractivity contribution in [1.29, 1.82) is 10.5 Å². The Morgan fingerprint density at radius 1 is 0.844 bits per heavy atom. The molecule has 3 unspecified atom stereocenters. The van der Waals surface area contributed by atoms with Crippen LogP contribution < -0.4 is 9.88 Å². The third-order valence-electron chi connectivity index (χ3n) is 5.73. The molecule has 1 N–H and O–H groups in total. The van der Waals surface area contributed by atoms with Crippen LogP contribution in [0.3, 0.4) is 0 Å². The van der Waals surface area contributed by atoms with Crippen molar-refractivity contribution >= 4 is 53.7 Å². The van der Waals surface area contributed by atoms with Crippen molar-refractivity contribution in [2.45, 2.75) is 18.0 Å². The van der Waals surface area contributed by atoms with Gasteiger partial charge in [0.2, 0.25) is 6.04 Å². The third-order valence-corrected chi connectivity index (χ3v) is 7.25. The van der Waals surface area contributed by atoms with Crippen molar-refractivity contribution in [3.63, 3.8) is 0 Å². The highest BCUT2D eigenvalue weighted by Crippen LogP contribution is 2.52. The quantitative estimate of drug-likeness (QED) is 0.396. The van der Waals surface area contributed by atoms with Crippen LogP contribution in [0.25, 0.3) is 0 Å². The first kappa shape index (κ1) is 22.7. The fraction of sp³-hybridized carbons (Fsp3) is 0.167. The molecule has 1 aliphatic heterocycles. The number of carbonyl (C=O) groups excluding carboxylic acids is 1. The summed E-state index contributed by atoms with van der Waals surface area (Å²) in [5.41, 5.74) is -0.106. The minimum absolute atomic E-state index is 0.255. The molecule has 158 valence electrons. The van der Waals surface area contributed by atoms with Crippen molar-refractivity contribution in [3.05, 3.63) is 97.6 Å². The standard InChI is InChI=1S/C24H15Br3N4O/c25-17-7-3-15(4-8-17)20-21(31-11-1-2-19(27)12-31)23(32)30-22(24(20,13-28)14-29)16-5-9-18(26)10-6-16/h1-12,20-22H/p+1. The number of hydrogen-bond acceptors (Lipinski definition) is 3. The average Bonchev–Trinajstić information content (AvgIpc) is 2.80. The molecule has 32 heavy (non-hydrogen) atoms. The fourth-order valence-electron chi connectivity index (χ4n) is 4.27. The number of pyridine rings is 1. The molecule has 2 heterocycles. The average molecular weight is 616 g/mol. The van der Waals surface area contributed by atoms with Crippen LogP contribution in [0.4, 0.5) is 0 Å². The Balaban J connectivity index is 1.97. The van der Waals surface area contributed by atoms with Gasteiger partial charge in [0, 0.05) is 15.0 Å². The second-order valence-corrected chi connectivity index (χ2v) is 10.3. The molecule has 3 atom stereocenters. The highest BCUT2D eigenvalue weighted by Gasteiger charge is 2.61. The summed E-state index contributed by atoms with van der Waals surface area (Å²) < 4.78 is 4.29. The Hall–Kier alpha value is -2.52. The maximum absolute atomic E-state index is 13.5. The lowest BCUT2D eigenvalue weighted by atomic mass is 9.62. The molecule has 0 radical (unpaired) electrons. The smallest absolute Gasteiger partial charge is 0.290 e. The van der Waals surface area contributed by atoms with Crippen molar-refractivity contribution in [2.24, 2.45) is 5.41 Å². The number of benzene rings is 2. The maximum atomic E-state index is 13.5. The number of rotatable bonds is 3. The van der Waals surface area contributed by atoms with E-state index in [-0.39, 0.29) is 5.91 Å². The van der Waals surface area contributed by atoms with Gasteiger partial charge in [0.25, 0.3) is 5.91 Å². The van der Waals surface area contributed by atoms with Crippen molar-refractivity contribution in [3.8, 4) is 12.1 Å². The highest BCUT2D eigenvalue weighted by molar-refractivity contribution is 9.11. The summed E-state index contributed by atoms with van der Waals surface area (Å²) in [6, 6.07) is 21.5. The number of nitrogens with zero attached hydrogens (tertiary/aromatic N) is 3. The van der Waals surface area contributed by atoms with Crippen LogP contribution in [0.15, 0.2) is 86.5 Å². The summed E-state index contributed by atoms with van der Waals surface area (Å²) >= 11 is 10.3. The molecular formula is C24H16Br3N4O+. The molecule has 8 heteroatoms. The minimum atomic E-state index is -1.55. The van der Waals surface area contributed by atoms with E-state index in [9.17, 15) is 15.3 Å². The van der Waals surface area contributed by atoms with E-state index in [4.69, 9.17) is 0 Å². The topological polar surface area (TPSA) is 80.6 Å². The van der Waals surface area contributed by atoms with Crippen molar-refractivity contribution in [2.75, 3.05) is 0 Å². The first-order valence-corrected chi connectivity index (χ1v) is 12.1. The zero-order chi connectivity index (χ0) is 22.9. The van der Waals surface area contributed by atoms with E-state index in [2.05, 4.69) is 65.2 Å². The zero-order valence-corrected chi connectivity index (χ0v) is 21.3. The van der Waals surface area contributed by atoms with Gasteiger partial charge < -0.3 is 5.32 Å². The molecule has 1 saturated heterocycles. The summed E-state index contributed by atoms with van der Waals surface area (Å²) in [4.78, 5) is 13.5. The lowest BCUT2D eigenvalue weighted by molar-refractivity contribution is -0.715. The van der Waals surface area contributed by atoms with Crippen LogP contribution in [-0.2, 0) is 4.79 Å². The Morgan fingerprint density at radius 2 is 1.41 bits per heavy atom. The number of carbonyl (C=O) groups is 1. The van der Waals surface area contributed by atoms with E-state index in [0.717, 1.165) is 19.0 Å². The number of nitriles is 2. The maximum Gasteiger partial charge on any atom is 0.290 e. The van der Waals surface area contributed by atoms with Gasteiger partial charge in [-0.3, -0.25) is 4.79 Å². The molecule has 0 spiro atoms. The van der Waals surface area contributed by atoms with Crippen LogP contribution >= 0.6 is 47.8 Å². The van der Waals surface area contributed by atoms with Gasteiger partial charge in [0.05, 0.1) is 28.6 Å². The molecule has 0 saturated carbocycles. The molecule has 0 aliphatic carbocycles. The normalized spacial score (nSPS) is 21.8. The summed E-state index contributed by atoms with van der Waals surface area (Å²) in [5, 5.41) is 23.9. The Kier molecular flexibility index (Phi) is 6.48. The number of halogens is 3. The largest absolute Gasteiger partial charge is 0.341 e.